The summed E-state index contributed by atoms with van der Waals surface area (Å²) in [6, 6.07) is 4.99. The highest BCUT2D eigenvalue weighted by atomic mass is 16.7. The first-order valence-corrected chi connectivity index (χ1v) is 11.1. The van der Waals surface area contributed by atoms with Gasteiger partial charge in [-0.25, -0.2) is 4.79 Å². The van der Waals surface area contributed by atoms with Crippen LogP contribution in [0.2, 0.25) is 0 Å². The highest BCUT2D eigenvalue weighted by molar-refractivity contribution is 5.69. The molecule has 1 rings (SSSR count). The monoisotopic (exact) mass is 467 g/mol. The second-order valence-corrected chi connectivity index (χ2v) is 7.40. The summed E-state index contributed by atoms with van der Waals surface area (Å²) in [6.45, 7) is 1.15. The lowest BCUT2D eigenvalue weighted by Gasteiger charge is -2.18. The van der Waals surface area contributed by atoms with E-state index < -0.39 is 42.5 Å². The van der Waals surface area contributed by atoms with Crippen molar-refractivity contribution in [3.8, 4) is 5.75 Å². The van der Waals surface area contributed by atoms with Crippen molar-refractivity contribution in [2.75, 3.05) is 13.2 Å². The number of unbranched alkanes of at least 4 members (excludes halogenated alkanes) is 3. The van der Waals surface area contributed by atoms with Crippen molar-refractivity contribution in [2.45, 2.75) is 70.5 Å². The van der Waals surface area contributed by atoms with E-state index in [1.165, 1.54) is 24.3 Å². The van der Waals surface area contributed by atoms with E-state index in [1.807, 2.05) is 6.08 Å². The number of aliphatic hydroxyl groups is 2. The number of rotatable bonds is 16. The van der Waals surface area contributed by atoms with E-state index in [0.29, 0.717) is 12.8 Å². The summed E-state index contributed by atoms with van der Waals surface area (Å²) >= 11 is 0. The highest BCUT2D eigenvalue weighted by Crippen LogP contribution is 2.19. The molecule has 10 heteroatoms. The minimum absolute atomic E-state index is 0.0772. The molecule has 0 aliphatic carbocycles. The Labute approximate surface area is 193 Å². The molecule has 1 aromatic rings. The molecule has 33 heavy (non-hydrogen) atoms. The van der Waals surface area contributed by atoms with Gasteiger partial charge < -0.3 is 24.4 Å². The van der Waals surface area contributed by atoms with Crippen LogP contribution in [-0.2, 0) is 14.3 Å². The van der Waals surface area contributed by atoms with E-state index in [2.05, 4.69) is 13.0 Å². The minimum Gasteiger partial charge on any atom is -0.457 e. The summed E-state index contributed by atoms with van der Waals surface area (Å²) in [6.07, 6.45) is 7.02. The number of non-ortho nitro benzene ring substituents is 1. The molecule has 10 nitrogen and oxygen atoms in total. The lowest BCUT2D eigenvalue weighted by Crippen LogP contribution is -2.27. The number of nitro benzene ring substituents is 1. The van der Waals surface area contributed by atoms with Gasteiger partial charge >= 0.3 is 12.1 Å². The molecular formula is C23H33NO9. The number of aliphatic hydroxyl groups excluding tert-OH is 2. The summed E-state index contributed by atoms with van der Waals surface area (Å²) in [5.41, 5.74) is -0.137. The maximum Gasteiger partial charge on any atom is 0.514 e. The molecule has 0 aliphatic rings. The quantitative estimate of drug-likeness (QED) is 0.0917. The van der Waals surface area contributed by atoms with E-state index >= 15 is 0 Å². The lowest BCUT2D eigenvalue weighted by molar-refractivity contribution is -0.384. The first kappa shape index (κ1) is 28.1. The average Bonchev–Trinajstić information content (AvgIpc) is 2.80. The topological polar surface area (TPSA) is 145 Å². The highest BCUT2D eigenvalue weighted by Gasteiger charge is 2.20. The Balaban J connectivity index is 2.61. The van der Waals surface area contributed by atoms with Gasteiger partial charge in [0.05, 0.1) is 18.1 Å². The third kappa shape index (κ3) is 12.6. The molecule has 1 atom stereocenters. The molecule has 0 saturated carbocycles. The van der Waals surface area contributed by atoms with Gasteiger partial charge in [0.2, 0.25) is 0 Å². The van der Waals surface area contributed by atoms with Gasteiger partial charge in [-0.1, -0.05) is 31.9 Å². The van der Waals surface area contributed by atoms with Crippen LogP contribution in [0.3, 0.4) is 0 Å². The first-order chi connectivity index (χ1) is 15.9. The fraction of sp³-hybridized carbons (Fsp3) is 0.565. The molecule has 0 heterocycles. The number of hydrogen-bond acceptors (Lipinski definition) is 9. The number of nitro groups is 1. The van der Waals surface area contributed by atoms with E-state index in [4.69, 9.17) is 24.4 Å². The normalized spacial score (nSPS) is 12.0. The third-order valence-corrected chi connectivity index (χ3v) is 4.68. The number of allylic oxidation sites excluding steroid dienone is 2. The van der Waals surface area contributed by atoms with Crippen LogP contribution in [-0.4, -0.2) is 52.7 Å². The molecule has 0 aromatic heterocycles. The second-order valence-electron chi connectivity index (χ2n) is 7.40. The van der Waals surface area contributed by atoms with E-state index in [-0.39, 0.29) is 24.3 Å². The zero-order valence-corrected chi connectivity index (χ0v) is 18.9. The van der Waals surface area contributed by atoms with Gasteiger partial charge in [-0.2, -0.15) is 0 Å². The number of ether oxygens (including phenoxy) is 3. The van der Waals surface area contributed by atoms with E-state index in [9.17, 15) is 19.7 Å². The number of benzene rings is 1. The van der Waals surface area contributed by atoms with Gasteiger partial charge in [0.25, 0.3) is 5.69 Å². The van der Waals surface area contributed by atoms with Crippen molar-refractivity contribution in [3.63, 3.8) is 0 Å². The van der Waals surface area contributed by atoms with Gasteiger partial charge in [-0.05, 0) is 44.2 Å². The fourth-order valence-corrected chi connectivity index (χ4v) is 2.84. The van der Waals surface area contributed by atoms with Crippen molar-refractivity contribution >= 4 is 17.8 Å². The third-order valence-electron chi connectivity index (χ3n) is 4.68. The van der Waals surface area contributed by atoms with E-state index in [1.54, 1.807) is 0 Å². The van der Waals surface area contributed by atoms with Crippen LogP contribution in [0.1, 0.15) is 58.3 Å². The first-order valence-electron chi connectivity index (χ1n) is 11.1. The number of carbonyl (C=O) groups is 2. The van der Waals surface area contributed by atoms with Crippen molar-refractivity contribution in [1.29, 1.82) is 0 Å². The molecule has 2 N–H and O–H groups in total. The summed E-state index contributed by atoms with van der Waals surface area (Å²) < 4.78 is 15.4. The molecule has 0 bridgehead atoms. The van der Waals surface area contributed by atoms with Crippen LogP contribution in [0.15, 0.2) is 36.4 Å². The Hall–Kier alpha value is -2.98. The average molecular weight is 468 g/mol. The van der Waals surface area contributed by atoms with Crippen molar-refractivity contribution in [2.24, 2.45) is 0 Å². The van der Waals surface area contributed by atoms with Gasteiger partial charge in [0, 0.05) is 18.6 Å². The van der Waals surface area contributed by atoms with Crippen molar-refractivity contribution in [1.82, 2.24) is 0 Å². The predicted octanol–water partition coefficient (Wildman–Crippen LogP) is 4.07. The van der Waals surface area contributed by atoms with Gasteiger partial charge in [0.1, 0.15) is 18.0 Å². The Morgan fingerprint density at radius 2 is 1.67 bits per heavy atom. The van der Waals surface area contributed by atoms with Crippen LogP contribution in [0.5, 0.6) is 5.75 Å². The molecule has 184 valence electrons. The Bertz CT molecular complexity index is 745. The number of carbonyl (C=O) groups excluding carboxylic acids is 2. The summed E-state index contributed by atoms with van der Waals surface area (Å²) in [5, 5.41) is 28.7. The molecule has 0 saturated heterocycles. The summed E-state index contributed by atoms with van der Waals surface area (Å²) in [7, 11) is 0. The zero-order chi connectivity index (χ0) is 24.5. The summed E-state index contributed by atoms with van der Waals surface area (Å²) in [4.78, 5) is 34.3. The Morgan fingerprint density at radius 1 is 1.00 bits per heavy atom. The molecule has 0 spiro atoms. The molecule has 0 aliphatic heterocycles. The van der Waals surface area contributed by atoms with Crippen LogP contribution < -0.4 is 4.74 Å². The Morgan fingerprint density at radius 3 is 2.27 bits per heavy atom. The molecule has 0 fully saturated rings. The Kier molecular flexibility index (Phi) is 14.1. The van der Waals surface area contributed by atoms with E-state index in [0.717, 1.165) is 25.7 Å². The van der Waals surface area contributed by atoms with Crippen molar-refractivity contribution in [3.05, 3.63) is 46.5 Å². The van der Waals surface area contributed by atoms with Gasteiger partial charge in [0.15, 0.2) is 0 Å². The smallest absolute Gasteiger partial charge is 0.457 e. The molecule has 1 unspecified atom stereocenters. The SMILES string of the molecule is CCCCC/C=C\CCC(CCC(=O)OC(CO)CO)OC(=O)Oc1ccc([N+](=O)[O-])cc1. The maximum absolute atomic E-state index is 12.2. The van der Waals surface area contributed by atoms with Gasteiger partial charge in [-0.3, -0.25) is 14.9 Å². The molecular weight excluding hydrogens is 434 g/mol. The maximum atomic E-state index is 12.2. The zero-order valence-electron chi connectivity index (χ0n) is 18.9. The largest absolute Gasteiger partial charge is 0.514 e. The molecule has 1 aromatic carbocycles. The lowest BCUT2D eigenvalue weighted by atomic mass is 10.1. The van der Waals surface area contributed by atoms with Crippen LogP contribution >= 0.6 is 0 Å². The summed E-state index contributed by atoms with van der Waals surface area (Å²) in [5.74, 6) is -0.538. The minimum atomic E-state index is -0.991. The molecule has 0 amide bonds. The van der Waals surface area contributed by atoms with Crippen LogP contribution in [0, 0.1) is 10.1 Å². The number of nitrogens with zero attached hydrogens (tertiary/aromatic N) is 1. The second kappa shape index (κ2) is 16.6. The van der Waals surface area contributed by atoms with Gasteiger partial charge in [-0.15, -0.1) is 0 Å². The predicted molar refractivity (Wildman–Crippen MR) is 120 cm³/mol. The fourth-order valence-electron chi connectivity index (χ4n) is 2.84. The van der Waals surface area contributed by atoms with Crippen LogP contribution in [0.4, 0.5) is 10.5 Å². The van der Waals surface area contributed by atoms with Crippen molar-refractivity contribution < 1.29 is 38.9 Å². The van der Waals surface area contributed by atoms with Crippen LogP contribution in [0.25, 0.3) is 0 Å². The number of hydrogen-bond donors (Lipinski definition) is 2. The number of esters is 1. The molecule has 0 radical (unpaired) electrons. The standard InChI is InChI=1S/C23H33NO9/c1-2-3-4-5-6-7-8-9-19(14-15-22(27)31-21(16-25)17-26)32-23(28)33-20-12-10-18(11-13-20)24(29)30/h6-7,10-13,19,21,25-26H,2-5,8-9,14-17H2,1H3/b7-6-.